The van der Waals surface area contributed by atoms with Gasteiger partial charge in [-0.05, 0) is 44.0 Å². The van der Waals surface area contributed by atoms with Gasteiger partial charge in [-0.25, -0.2) is 9.07 Å². The number of rotatable bonds is 5. The molecule has 4 aromatic rings. The number of carbonyl (C=O) groups excluding carboxylic acids is 1. The summed E-state index contributed by atoms with van der Waals surface area (Å²) < 4.78 is 14.9. The molecule has 5 rings (SSSR count). The zero-order valence-corrected chi connectivity index (χ0v) is 17.0. The summed E-state index contributed by atoms with van der Waals surface area (Å²) in [6.45, 7) is 2.00. The summed E-state index contributed by atoms with van der Waals surface area (Å²) in [5.74, 6) is -0.153. The molecule has 2 aromatic heterocycles. The highest BCUT2D eigenvalue weighted by Crippen LogP contribution is 2.42. The summed E-state index contributed by atoms with van der Waals surface area (Å²) in [6.07, 6.45) is 3.91. The van der Waals surface area contributed by atoms with E-state index >= 15 is 0 Å². The van der Waals surface area contributed by atoms with E-state index in [-0.39, 0.29) is 11.7 Å². The van der Waals surface area contributed by atoms with Crippen molar-refractivity contribution < 1.29 is 9.18 Å². The fourth-order valence-electron chi connectivity index (χ4n) is 3.14. The zero-order chi connectivity index (χ0) is 20.7. The van der Waals surface area contributed by atoms with Crippen LogP contribution in [0.3, 0.4) is 0 Å². The predicted molar refractivity (Wildman–Crippen MR) is 114 cm³/mol. The van der Waals surface area contributed by atoms with Crippen LogP contribution in [0.5, 0.6) is 0 Å². The lowest BCUT2D eigenvalue weighted by molar-refractivity contribution is 0.102. The van der Waals surface area contributed by atoms with Gasteiger partial charge in [0.05, 0.1) is 11.3 Å². The molecule has 30 heavy (non-hydrogen) atoms. The summed E-state index contributed by atoms with van der Waals surface area (Å²) in [4.78, 5) is 13.1. The molecule has 0 spiro atoms. The fraction of sp³-hybridized carbons (Fsp3) is 0.182. The molecule has 150 valence electrons. The number of aromatic nitrogens is 4. The van der Waals surface area contributed by atoms with Crippen LogP contribution >= 0.6 is 11.3 Å². The van der Waals surface area contributed by atoms with E-state index in [2.05, 4.69) is 20.6 Å². The molecule has 1 saturated carbocycles. The highest BCUT2D eigenvalue weighted by atomic mass is 32.1. The van der Waals surface area contributed by atoms with Crippen LogP contribution < -0.4 is 5.32 Å². The summed E-state index contributed by atoms with van der Waals surface area (Å²) in [7, 11) is 0. The second-order valence-electron chi connectivity index (χ2n) is 7.35. The van der Waals surface area contributed by atoms with Gasteiger partial charge in [0.15, 0.2) is 0 Å². The van der Waals surface area contributed by atoms with E-state index < -0.39 is 0 Å². The Hall–Kier alpha value is -3.39. The smallest absolute Gasteiger partial charge is 0.261 e. The van der Waals surface area contributed by atoms with Crippen LogP contribution in [0.1, 0.15) is 39.7 Å². The van der Waals surface area contributed by atoms with Crippen molar-refractivity contribution in [2.75, 3.05) is 5.32 Å². The molecule has 1 aliphatic rings. The number of hydrogen-bond donors (Lipinski definition) is 1. The molecule has 1 amide bonds. The number of anilines is 1. The molecule has 0 atom stereocenters. The summed E-state index contributed by atoms with van der Waals surface area (Å²) >= 11 is 1.41. The van der Waals surface area contributed by atoms with E-state index in [1.54, 1.807) is 23.0 Å². The third-order valence-corrected chi connectivity index (χ3v) is 5.96. The maximum atomic E-state index is 13.3. The van der Waals surface area contributed by atoms with Crippen LogP contribution in [-0.4, -0.2) is 25.9 Å². The minimum atomic E-state index is -0.328. The van der Waals surface area contributed by atoms with Crippen LogP contribution in [0, 0.1) is 12.7 Å². The van der Waals surface area contributed by atoms with E-state index in [1.807, 2.05) is 31.2 Å². The minimum absolute atomic E-state index is 0.308. The molecule has 0 aliphatic heterocycles. The monoisotopic (exact) mass is 419 g/mol. The third kappa shape index (κ3) is 3.73. The van der Waals surface area contributed by atoms with Gasteiger partial charge >= 0.3 is 0 Å². The molecule has 2 heterocycles. The van der Waals surface area contributed by atoms with Crippen molar-refractivity contribution >= 4 is 22.4 Å². The van der Waals surface area contributed by atoms with Gasteiger partial charge in [-0.2, -0.15) is 5.10 Å². The molecule has 0 radical (unpaired) electrons. The van der Waals surface area contributed by atoms with Gasteiger partial charge in [0, 0.05) is 17.7 Å². The Morgan fingerprint density at radius 3 is 2.53 bits per heavy atom. The van der Waals surface area contributed by atoms with Crippen LogP contribution in [-0.2, 0) is 0 Å². The lowest BCUT2D eigenvalue weighted by Gasteiger charge is -2.03. The second-order valence-corrected chi connectivity index (χ2v) is 8.36. The molecular formula is C22H18FN5OS. The van der Waals surface area contributed by atoms with E-state index in [0.29, 0.717) is 28.0 Å². The number of carbonyl (C=O) groups is 1. The van der Waals surface area contributed by atoms with Crippen molar-refractivity contribution in [3.05, 3.63) is 76.7 Å². The molecule has 0 bridgehead atoms. The average Bonchev–Trinajstić information content (AvgIpc) is 3.33. The van der Waals surface area contributed by atoms with E-state index in [4.69, 9.17) is 0 Å². The highest BCUT2D eigenvalue weighted by Gasteiger charge is 2.28. The molecule has 1 fully saturated rings. The molecular weight excluding hydrogens is 401 g/mol. The first-order chi connectivity index (χ1) is 14.6. The first-order valence-corrected chi connectivity index (χ1v) is 10.5. The van der Waals surface area contributed by atoms with Gasteiger partial charge < -0.3 is 0 Å². The van der Waals surface area contributed by atoms with Crippen molar-refractivity contribution in [3.8, 4) is 16.9 Å². The van der Waals surface area contributed by atoms with Crippen molar-refractivity contribution in [1.29, 1.82) is 0 Å². The van der Waals surface area contributed by atoms with E-state index in [0.717, 1.165) is 29.0 Å². The van der Waals surface area contributed by atoms with E-state index in [1.165, 1.54) is 23.5 Å². The number of benzene rings is 2. The Kier molecular flexibility index (Phi) is 4.63. The SMILES string of the molecule is Cc1ccc(-c2nn(-c3ccc(F)cc3)cc2C(=O)Nc2nnc(C3CC3)s2)cc1. The maximum Gasteiger partial charge on any atom is 0.261 e. The average molecular weight is 419 g/mol. The minimum Gasteiger partial charge on any atom is -0.296 e. The van der Waals surface area contributed by atoms with Gasteiger partial charge in [-0.3, -0.25) is 10.1 Å². The lowest BCUT2D eigenvalue weighted by atomic mass is 10.1. The Balaban J connectivity index is 1.51. The van der Waals surface area contributed by atoms with Crippen LogP contribution in [0.2, 0.25) is 0 Å². The van der Waals surface area contributed by atoms with Gasteiger partial charge in [0.25, 0.3) is 5.91 Å². The van der Waals surface area contributed by atoms with Gasteiger partial charge in [0.1, 0.15) is 16.5 Å². The highest BCUT2D eigenvalue weighted by molar-refractivity contribution is 7.15. The summed E-state index contributed by atoms with van der Waals surface area (Å²) in [6, 6.07) is 13.8. The number of nitrogens with one attached hydrogen (secondary N) is 1. The Bertz CT molecular complexity index is 1210. The topological polar surface area (TPSA) is 72.7 Å². The van der Waals surface area contributed by atoms with Crippen LogP contribution in [0.25, 0.3) is 16.9 Å². The van der Waals surface area contributed by atoms with Gasteiger partial charge in [0.2, 0.25) is 5.13 Å². The maximum absolute atomic E-state index is 13.3. The van der Waals surface area contributed by atoms with Crippen molar-refractivity contribution in [1.82, 2.24) is 20.0 Å². The van der Waals surface area contributed by atoms with Crippen LogP contribution in [0.15, 0.2) is 54.7 Å². The summed E-state index contributed by atoms with van der Waals surface area (Å²) in [5.41, 5.74) is 3.55. The van der Waals surface area contributed by atoms with E-state index in [9.17, 15) is 9.18 Å². The first-order valence-electron chi connectivity index (χ1n) is 9.64. The standard InChI is InChI=1S/C22H18FN5OS/c1-13-2-4-14(5-3-13)19-18(12-28(27-19)17-10-8-16(23)9-11-17)20(29)24-22-26-25-21(30-22)15-6-7-15/h2-5,8-12,15H,6-7H2,1H3,(H,24,26,29). The summed E-state index contributed by atoms with van der Waals surface area (Å²) in [5, 5.41) is 17.2. The Morgan fingerprint density at radius 2 is 1.83 bits per heavy atom. The van der Waals surface area contributed by atoms with Crippen molar-refractivity contribution in [3.63, 3.8) is 0 Å². The molecule has 0 saturated heterocycles. The Morgan fingerprint density at radius 1 is 1.10 bits per heavy atom. The molecule has 0 unspecified atom stereocenters. The number of nitrogens with zero attached hydrogens (tertiary/aromatic N) is 4. The number of halogens is 1. The quantitative estimate of drug-likeness (QED) is 0.496. The molecule has 1 N–H and O–H groups in total. The number of amides is 1. The number of aryl methyl sites for hydroxylation is 1. The van der Waals surface area contributed by atoms with Crippen molar-refractivity contribution in [2.24, 2.45) is 0 Å². The molecule has 2 aromatic carbocycles. The normalized spacial score (nSPS) is 13.4. The molecule has 6 nitrogen and oxygen atoms in total. The molecule has 1 aliphatic carbocycles. The zero-order valence-electron chi connectivity index (χ0n) is 16.2. The lowest BCUT2D eigenvalue weighted by Crippen LogP contribution is -2.12. The van der Waals surface area contributed by atoms with Gasteiger partial charge in [-0.15, -0.1) is 10.2 Å². The second kappa shape index (κ2) is 7.46. The Labute approximate surface area is 176 Å². The predicted octanol–water partition coefficient (Wildman–Crippen LogP) is 4.97. The van der Waals surface area contributed by atoms with Gasteiger partial charge in [-0.1, -0.05) is 41.2 Å². The largest absolute Gasteiger partial charge is 0.296 e. The fourth-order valence-corrected chi connectivity index (χ4v) is 4.04. The first kappa shape index (κ1) is 18.6. The molecule has 8 heteroatoms. The number of hydrogen-bond acceptors (Lipinski definition) is 5. The third-order valence-electron chi connectivity index (χ3n) is 4.96. The van der Waals surface area contributed by atoms with Crippen LogP contribution in [0.4, 0.5) is 9.52 Å². The van der Waals surface area contributed by atoms with Crippen molar-refractivity contribution in [2.45, 2.75) is 25.7 Å².